The SMILES string of the molecule is COC(=O)C(C(=O)N(C)CCC(C)(C)C)C(C)C. The maximum Gasteiger partial charge on any atom is 0.318 e. The molecule has 0 heterocycles. The summed E-state index contributed by atoms with van der Waals surface area (Å²) >= 11 is 0. The molecule has 1 amide bonds. The highest BCUT2D eigenvalue weighted by Crippen LogP contribution is 2.20. The number of esters is 1. The zero-order valence-electron chi connectivity index (χ0n) is 12.7. The van der Waals surface area contributed by atoms with Gasteiger partial charge in [0.1, 0.15) is 5.92 Å². The number of hydrogen-bond donors (Lipinski definition) is 0. The van der Waals surface area contributed by atoms with Crippen molar-refractivity contribution in [2.45, 2.75) is 41.0 Å². The van der Waals surface area contributed by atoms with Crippen molar-refractivity contribution in [2.24, 2.45) is 17.3 Å². The number of carbonyl (C=O) groups is 2. The maximum absolute atomic E-state index is 12.2. The van der Waals surface area contributed by atoms with E-state index in [9.17, 15) is 9.59 Å². The van der Waals surface area contributed by atoms with Crippen LogP contribution in [0.15, 0.2) is 0 Å². The molecule has 0 N–H and O–H groups in total. The second-order valence-electron chi connectivity index (χ2n) is 6.32. The normalized spacial score (nSPS) is 13.3. The fourth-order valence-corrected chi connectivity index (χ4v) is 1.64. The Morgan fingerprint density at radius 2 is 1.72 bits per heavy atom. The van der Waals surface area contributed by atoms with Crippen molar-refractivity contribution in [3.8, 4) is 0 Å². The maximum atomic E-state index is 12.2. The summed E-state index contributed by atoms with van der Waals surface area (Å²) < 4.78 is 4.70. The number of methoxy groups -OCH3 is 1. The lowest BCUT2D eigenvalue weighted by molar-refractivity contribution is -0.155. The van der Waals surface area contributed by atoms with Crippen molar-refractivity contribution < 1.29 is 14.3 Å². The highest BCUT2D eigenvalue weighted by atomic mass is 16.5. The Balaban J connectivity index is 4.63. The van der Waals surface area contributed by atoms with Gasteiger partial charge in [0.25, 0.3) is 0 Å². The number of hydrogen-bond acceptors (Lipinski definition) is 3. The van der Waals surface area contributed by atoms with Crippen LogP contribution in [-0.2, 0) is 14.3 Å². The van der Waals surface area contributed by atoms with Gasteiger partial charge in [-0.2, -0.15) is 0 Å². The van der Waals surface area contributed by atoms with E-state index in [0.29, 0.717) is 6.54 Å². The van der Waals surface area contributed by atoms with Crippen LogP contribution >= 0.6 is 0 Å². The zero-order valence-corrected chi connectivity index (χ0v) is 12.7. The second-order valence-corrected chi connectivity index (χ2v) is 6.32. The summed E-state index contributed by atoms with van der Waals surface area (Å²) in [5, 5.41) is 0. The van der Waals surface area contributed by atoms with Gasteiger partial charge in [0.15, 0.2) is 0 Å². The smallest absolute Gasteiger partial charge is 0.318 e. The van der Waals surface area contributed by atoms with Crippen LogP contribution in [-0.4, -0.2) is 37.5 Å². The van der Waals surface area contributed by atoms with Crippen LogP contribution < -0.4 is 0 Å². The lowest BCUT2D eigenvalue weighted by Crippen LogP contribution is -2.41. The van der Waals surface area contributed by atoms with Crippen molar-refractivity contribution >= 4 is 11.9 Å². The van der Waals surface area contributed by atoms with E-state index in [-0.39, 0.29) is 17.2 Å². The third kappa shape index (κ3) is 5.52. The predicted molar refractivity (Wildman–Crippen MR) is 72.1 cm³/mol. The number of nitrogens with zero attached hydrogens (tertiary/aromatic N) is 1. The van der Waals surface area contributed by atoms with Gasteiger partial charge in [0.05, 0.1) is 7.11 Å². The van der Waals surface area contributed by atoms with E-state index in [2.05, 4.69) is 20.8 Å². The van der Waals surface area contributed by atoms with E-state index in [1.165, 1.54) is 7.11 Å². The molecular weight excluding hydrogens is 230 g/mol. The molecule has 18 heavy (non-hydrogen) atoms. The first-order chi connectivity index (χ1) is 8.10. The first kappa shape index (κ1) is 16.9. The van der Waals surface area contributed by atoms with Gasteiger partial charge < -0.3 is 9.64 Å². The number of rotatable bonds is 5. The van der Waals surface area contributed by atoms with Crippen LogP contribution in [0, 0.1) is 17.3 Å². The minimum atomic E-state index is -0.694. The van der Waals surface area contributed by atoms with Crippen molar-refractivity contribution in [3.05, 3.63) is 0 Å². The van der Waals surface area contributed by atoms with Gasteiger partial charge in [-0.3, -0.25) is 9.59 Å². The summed E-state index contributed by atoms with van der Waals surface area (Å²) in [5.41, 5.74) is 0.174. The molecule has 0 saturated carbocycles. The highest BCUT2D eigenvalue weighted by Gasteiger charge is 2.33. The van der Waals surface area contributed by atoms with Crippen molar-refractivity contribution in [1.82, 2.24) is 4.90 Å². The molecule has 4 nitrogen and oxygen atoms in total. The summed E-state index contributed by atoms with van der Waals surface area (Å²) in [6.07, 6.45) is 0.904. The third-order valence-electron chi connectivity index (χ3n) is 2.96. The fourth-order valence-electron chi connectivity index (χ4n) is 1.64. The van der Waals surface area contributed by atoms with Crippen LogP contribution in [0.1, 0.15) is 41.0 Å². The molecule has 0 aliphatic rings. The molecule has 0 aliphatic carbocycles. The van der Waals surface area contributed by atoms with Crippen LogP contribution in [0.4, 0.5) is 0 Å². The summed E-state index contributed by atoms with van der Waals surface area (Å²) in [7, 11) is 3.06. The Bertz CT molecular complexity index is 292. The summed E-state index contributed by atoms with van der Waals surface area (Å²) in [6.45, 7) is 10.8. The van der Waals surface area contributed by atoms with Crippen LogP contribution in [0.3, 0.4) is 0 Å². The average molecular weight is 257 g/mol. The topological polar surface area (TPSA) is 46.6 Å². The quantitative estimate of drug-likeness (QED) is 0.561. The molecule has 0 aromatic carbocycles. The van der Waals surface area contributed by atoms with Gasteiger partial charge in [-0.15, -0.1) is 0 Å². The molecule has 0 aromatic rings. The lowest BCUT2D eigenvalue weighted by atomic mass is 9.91. The number of carbonyl (C=O) groups excluding carboxylic acids is 2. The largest absolute Gasteiger partial charge is 0.468 e. The van der Waals surface area contributed by atoms with Crippen LogP contribution in [0.2, 0.25) is 0 Å². The van der Waals surface area contributed by atoms with Crippen molar-refractivity contribution in [2.75, 3.05) is 20.7 Å². The van der Waals surface area contributed by atoms with E-state index in [1.807, 2.05) is 13.8 Å². The minimum absolute atomic E-state index is 0.0537. The van der Waals surface area contributed by atoms with Gasteiger partial charge >= 0.3 is 5.97 Å². The number of ether oxygens (including phenoxy) is 1. The van der Waals surface area contributed by atoms with Crippen LogP contribution in [0.25, 0.3) is 0 Å². The fraction of sp³-hybridized carbons (Fsp3) is 0.857. The molecule has 1 unspecified atom stereocenters. The van der Waals surface area contributed by atoms with E-state index >= 15 is 0 Å². The lowest BCUT2D eigenvalue weighted by Gasteiger charge is -2.27. The van der Waals surface area contributed by atoms with Crippen molar-refractivity contribution in [3.63, 3.8) is 0 Å². The van der Waals surface area contributed by atoms with E-state index < -0.39 is 11.9 Å². The molecule has 4 heteroatoms. The first-order valence-electron chi connectivity index (χ1n) is 6.43. The average Bonchev–Trinajstić information content (AvgIpc) is 2.23. The second kappa shape index (κ2) is 6.76. The molecule has 0 bridgehead atoms. The van der Waals surface area contributed by atoms with Gasteiger partial charge in [-0.05, 0) is 17.8 Å². The molecular formula is C14H27NO3. The number of amides is 1. The summed E-state index contributed by atoms with van der Waals surface area (Å²) in [5.74, 6) is -1.35. The van der Waals surface area contributed by atoms with E-state index in [0.717, 1.165) is 6.42 Å². The molecule has 1 atom stereocenters. The molecule has 0 radical (unpaired) electrons. The summed E-state index contributed by atoms with van der Waals surface area (Å²) in [4.78, 5) is 25.5. The van der Waals surface area contributed by atoms with E-state index in [4.69, 9.17) is 4.74 Å². The predicted octanol–water partition coefficient (Wildman–Crippen LogP) is 2.33. The molecule has 0 fully saturated rings. The van der Waals surface area contributed by atoms with Crippen molar-refractivity contribution in [1.29, 1.82) is 0 Å². The third-order valence-corrected chi connectivity index (χ3v) is 2.96. The Hall–Kier alpha value is -1.06. The van der Waals surface area contributed by atoms with Crippen LogP contribution in [0.5, 0.6) is 0 Å². The Labute approximate surface area is 111 Å². The zero-order chi connectivity index (χ0) is 14.5. The molecule has 0 saturated heterocycles. The monoisotopic (exact) mass is 257 g/mol. The Morgan fingerprint density at radius 1 is 1.22 bits per heavy atom. The van der Waals surface area contributed by atoms with Gasteiger partial charge in [0, 0.05) is 13.6 Å². The first-order valence-corrected chi connectivity index (χ1v) is 6.43. The standard InChI is InChI=1S/C14H27NO3/c1-10(2)11(13(17)18-7)12(16)15(6)9-8-14(3,4)5/h10-11H,8-9H2,1-7H3. The molecule has 106 valence electrons. The Kier molecular flexibility index (Phi) is 6.36. The minimum Gasteiger partial charge on any atom is -0.468 e. The summed E-state index contributed by atoms with van der Waals surface area (Å²) in [6, 6.07) is 0. The van der Waals surface area contributed by atoms with Gasteiger partial charge in [-0.1, -0.05) is 34.6 Å². The molecule has 0 aliphatic heterocycles. The van der Waals surface area contributed by atoms with Gasteiger partial charge in [-0.25, -0.2) is 0 Å². The Morgan fingerprint density at radius 3 is 2.06 bits per heavy atom. The van der Waals surface area contributed by atoms with E-state index in [1.54, 1.807) is 11.9 Å². The molecule has 0 rings (SSSR count). The molecule has 0 aromatic heterocycles. The highest BCUT2D eigenvalue weighted by molar-refractivity contribution is 5.97. The van der Waals surface area contributed by atoms with Gasteiger partial charge in [0.2, 0.25) is 5.91 Å². The molecule has 0 spiro atoms.